The molecule has 0 amide bonds. The standard InChI is InChI=1S/C11H14N2O2/c1-11(2)7-15-10(13-11)8-5-4-6-12-9(8)14-3/h4-6H,7H2,1-3H3. The third-order valence-corrected chi connectivity index (χ3v) is 2.16. The lowest BCUT2D eigenvalue weighted by atomic mass is 10.1. The van der Waals surface area contributed by atoms with Crippen LogP contribution in [0.25, 0.3) is 0 Å². The van der Waals surface area contributed by atoms with E-state index in [0.717, 1.165) is 5.56 Å². The fraction of sp³-hybridized carbons (Fsp3) is 0.455. The summed E-state index contributed by atoms with van der Waals surface area (Å²) in [5, 5.41) is 0. The molecule has 0 radical (unpaired) electrons. The highest BCUT2D eigenvalue weighted by Crippen LogP contribution is 2.24. The van der Waals surface area contributed by atoms with E-state index in [-0.39, 0.29) is 5.54 Å². The summed E-state index contributed by atoms with van der Waals surface area (Å²) >= 11 is 0. The molecule has 0 saturated heterocycles. The van der Waals surface area contributed by atoms with E-state index in [4.69, 9.17) is 9.47 Å². The number of ether oxygens (including phenoxy) is 2. The molecule has 0 atom stereocenters. The molecule has 1 aliphatic heterocycles. The predicted molar refractivity (Wildman–Crippen MR) is 57.4 cm³/mol. The van der Waals surface area contributed by atoms with E-state index in [9.17, 15) is 0 Å². The molecule has 0 bridgehead atoms. The molecule has 2 heterocycles. The van der Waals surface area contributed by atoms with Crippen molar-refractivity contribution in [2.24, 2.45) is 4.99 Å². The molecule has 15 heavy (non-hydrogen) atoms. The number of nitrogens with zero attached hydrogens (tertiary/aromatic N) is 2. The van der Waals surface area contributed by atoms with Crippen LogP contribution >= 0.6 is 0 Å². The molecule has 80 valence electrons. The number of rotatable bonds is 2. The monoisotopic (exact) mass is 206 g/mol. The van der Waals surface area contributed by atoms with E-state index in [1.165, 1.54) is 0 Å². The summed E-state index contributed by atoms with van der Waals surface area (Å²) in [7, 11) is 1.59. The highest BCUT2D eigenvalue weighted by atomic mass is 16.5. The fourth-order valence-electron chi connectivity index (χ4n) is 1.44. The van der Waals surface area contributed by atoms with E-state index in [1.807, 2.05) is 26.0 Å². The van der Waals surface area contributed by atoms with Gasteiger partial charge in [-0.05, 0) is 26.0 Å². The Morgan fingerprint density at radius 2 is 2.27 bits per heavy atom. The highest BCUT2D eigenvalue weighted by molar-refractivity contribution is 5.97. The number of hydrogen-bond acceptors (Lipinski definition) is 4. The van der Waals surface area contributed by atoms with Crippen LogP contribution in [0.5, 0.6) is 5.88 Å². The van der Waals surface area contributed by atoms with Gasteiger partial charge in [0.25, 0.3) is 0 Å². The second kappa shape index (κ2) is 3.53. The second-order valence-electron chi connectivity index (χ2n) is 4.08. The van der Waals surface area contributed by atoms with E-state index in [1.54, 1.807) is 13.3 Å². The maximum atomic E-state index is 5.53. The van der Waals surface area contributed by atoms with Crippen molar-refractivity contribution in [2.75, 3.05) is 13.7 Å². The Labute approximate surface area is 89.0 Å². The maximum absolute atomic E-state index is 5.53. The Bertz CT molecular complexity index is 399. The summed E-state index contributed by atoms with van der Waals surface area (Å²) in [4.78, 5) is 8.58. The number of methoxy groups -OCH3 is 1. The van der Waals surface area contributed by atoms with Gasteiger partial charge in [0.05, 0.1) is 18.2 Å². The van der Waals surface area contributed by atoms with Gasteiger partial charge < -0.3 is 9.47 Å². The first kappa shape index (κ1) is 9.96. The normalized spacial score (nSPS) is 18.2. The molecule has 0 unspecified atom stereocenters. The molecule has 0 aliphatic carbocycles. The lowest BCUT2D eigenvalue weighted by Crippen LogP contribution is -2.17. The van der Waals surface area contributed by atoms with Gasteiger partial charge in [-0.2, -0.15) is 0 Å². The SMILES string of the molecule is COc1ncccc1C1=NC(C)(C)CO1. The zero-order chi connectivity index (χ0) is 10.9. The molecule has 0 spiro atoms. The molecular weight excluding hydrogens is 192 g/mol. The number of aromatic nitrogens is 1. The van der Waals surface area contributed by atoms with Gasteiger partial charge >= 0.3 is 0 Å². The van der Waals surface area contributed by atoms with Crippen LogP contribution in [0.2, 0.25) is 0 Å². The van der Waals surface area contributed by atoms with Crippen molar-refractivity contribution in [3.63, 3.8) is 0 Å². The van der Waals surface area contributed by atoms with Crippen LogP contribution in [0.1, 0.15) is 19.4 Å². The summed E-state index contributed by atoms with van der Waals surface area (Å²) in [6.45, 7) is 4.66. The van der Waals surface area contributed by atoms with Crippen LogP contribution in [-0.4, -0.2) is 30.1 Å². The largest absolute Gasteiger partial charge is 0.480 e. The average molecular weight is 206 g/mol. The number of hydrogen-bond donors (Lipinski definition) is 0. The van der Waals surface area contributed by atoms with Gasteiger partial charge in [0.1, 0.15) is 6.61 Å². The predicted octanol–water partition coefficient (Wildman–Crippen LogP) is 1.65. The molecule has 2 rings (SSSR count). The minimum absolute atomic E-state index is 0.157. The van der Waals surface area contributed by atoms with E-state index in [2.05, 4.69) is 9.98 Å². The summed E-state index contributed by atoms with van der Waals surface area (Å²) in [5.41, 5.74) is 0.654. The first-order valence-corrected chi connectivity index (χ1v) is 4.84. The van der Waals surface area contributed by atoms with E-state index >= 15 is 0 Å². The smallest absolute Gasteiger partial charge is 0.225 e. The van der Waals surface area contributed by atoms with Crippen molar-refractivity contribution in [2.45, 2.75) is 19.4 Å². The van der Waals surface area contributed by atoms with Crippen LogP contribution in [0.3, 0.4) is 0 Å². The van der Waals surface area contributed by atoms with Gasteiger partial charge in [0.2, 0.25) is 11.8 Å². The van der Waals surface area contributed by atoms with Crippen LogP contribution in [0, 0.1) is 0 Å². The quantitative estimate of drug-likeness (QED) is 0.739. The van der Waals surface area contributed by atoms with Crippen LogP contribution in [0.15, 0.2) is 23.3 Å². The second-order valence-corrected chi connectivity index (χ2v) is 4.08. The number of aliphatic imine (C=N–C) groups is 1. The summed E-state index contributed by atoms with van der Waals surface area (Å²) in [5.74, 6) is 1.17. The van der Waals surface area contributed by atoms with Gasteiger partial charge in [-0.25, -0.2) is 9.98 Å². The zero-order valence-corrected chi connectivity index (χ0v) is 9.15. The summed E-state index contributed by atoms with van der Waals surface area (Å²) < 4.78 is 10.7. The first-order valence-electron chi connectivity index (χ1n) is 4.84. The Hall–Kier alpha value is -1.58. The Kier molecular flexibility index (Phi) is 2.34. The molecule has 4 heteroatoms. The van der Waals surface area contributed by atoms with Gasteiger partial charge in [-0.15, -0.1) is 0 Å². The van der Waals surface area contributed by atoms with Gasteiger partial charge in [-0.1, -0.05) is 0 Å². The van der Waals surface area contributed by atoms with Gasteiger partial charge in [-0.3, -0.25) is 0 Å². The Morgan fingerprint density at radius 3 is 2.87 bits per heavy atom. The van der Waals surface area contributed by atoms with Gasteiger partial charge in [0, 0.05) is 6.20 Å². The molecule has 1 aliphatic rings. The van der Waals surface area contributed by atoms with E-state index < -0.39 is 0 Å². The lowest BCUT2D eigenvalue weighted by molar-refractivity contribution is 0.278. The molecule has 1 aromatic heterocycles. The molecule has 0 N–H and O–H groups in total. The molecular formula is C11H14N2O2. The average Bonchev–Trinajstić information content (AvgIpc) is 2.59. The molecule has 4 nitrogen and oxygen atoms in total. The zero-order valence-electron chi connectivity index (χ0n) is 9.15. The van der Waals surface area contributed by atoms with Crippen molar-refractivity contribution in [3.05, 3.63) is 23.9 Å². The van der Waals surface area contributed by atoms with Gasteiger partial charge in [0.15, 0.2) is 0 Å². The van der Waals surface area contributed by atoms with Crippen molar-refractivity contribution in [1.82, 2.24) is 4.98 Å². The highest BCUT2D eigenvalue weighted by Gasteiger charge is 2.28. The molecule has 0 fully saturated rings. The van der Waals surface area contributed by atoms with Crippen molar-refractivity contribution in [3.8, 4) is 5.88 Å². The summed E-state index contributed by atoms with van der Waals surface area (Å²) in [6.07, 6.45) is 1.68. The fourth-order valence-corrected chi connectivity index (χ4v) is 1.44. The Balaban J connectivity index is 2.39. The van der Waals surface area contributed by atoms with Crippen molar-refractivity contribution >= 4 is 5.90 Å². The third-order valence-electron chi connectivity index (χ3n) is 2.16. The number of pyridine rings is 1. The van der Waals surface area contributed by atoms with Crippen LogP contribution in [-0.2, 0) is 4.74 Å². The van der Waals surface area contributed by atoms with Crippen molar-refractivity contribution < 1.29 is 9.47 Å². The van der Waals surface area contributed by atoms with Crippen molar-refractivity contribution in [1.29, 1.82) is 0 Å². The first-order chi connectivity index (χ1) is 7.12. The van der Waals surface area contributed by atoms with E-state index in [0.29, 0.717) is 18.4 Å². The Morgan fingerprint density at radius 1 is 1.47 bits per heavy atom. The minimum atomic E-state index is -0.157. The molecule has 0 saturated carbocycles. The molecule has 1 aromatic rings. The molecule has 0 aromatic carbocycles. The topological polar surface area (TPSA) is 43.7 Å². The van der Waals surface area contributed by atoms with Crippen LogP contribution in [0.4, 0.5) is 0 Å². The maximum Gasteiger partial charge on any atom is 0.225 e. The summed E-state index contributed by atoms with van der Waals surface area (Å²) in [6, 6.07) is 3.74. The minimum Gasteiger partial charge on any atom is -0.480 e. The third kappa shape index (κ3) is 1.93. The lowest BCUT2D eigenvalue weighted by Gasteiger charge is -2.07. The van der Waals surface area contributed by atoms with Crippen LogP contribution < -0.4 is 4.74 Å².